The minimum Gasteiger partial charge on any atom is -0.480 e. The number of aromatic amines is 1. The Bertz CT molecular complexity index is 1430. The van der Waals surface area contributed by atoms with Crippen LogP contribution in [0, 0.1) is 10.1 Å². The number of hydrogen-bond acceptors (Lipinski definition) is 5. The second-order valence-electron chi connectivity index (χ2n) is 8.86. The van der Waals surface area contributed by atoms with Crippen molar-refractivity contribution in [2.24, 2.45) is 0 Å². The Balaban J connectivity index is 1.46. The van der Waals surface area contributed by atoms with E-state index in [9.17, 15) is 24.8 Å². The van der Waals surface area contributed by atoms with E-state index in [2.05, 4.69) is 15.6 Å². The summed E-state index contributed by atoms with van der Waals surface area (Å²) in [5, 5.41) is 27.9. The van der Waals surface area contributed by atoms with Gasteiger partial charge in [0.05, 0.1) is 17.0 Å². The van der Waals surface area contributed by atoms with E-state index in [1.807, 2.05) is 54.6 Å². The Hall–Kier alpha value is -4.50. The highest BCUT2D eigenvalue weighted by Crippen LogP contribution is 2.35. The monoisotopic (exact) mass is 484 g/mol. The molecule has 9 nitrogen and oxygen atoms in total. The summed E-state index contributed by atoms with van der Waals surface area (Å²) in [6, 6.07) is 20.9. The van der Waals surface area contributed by atoms with Crippen LogP contribution in [0.25, 0.3) is 10.9 Å². The molecule has 0 saturated carbocycles. The molecule has 0 spiro atoms. The van der Waals surface area contributed by atoms with Crippen molar-refractivity contribution in [1.82, 2.24) is 15.6 Å². The van der Waals surface area contributed by atoms with Gasteiger partial charge in [-0.1, -0.05) is 60.7 Å². The molecule has 3 atom stereocenters. The van der Waals surface area contributed by atoms with Gasteiger partial charge in [-0.2, -0.15) is 0 Å². The number of H-pyrrole nitrogens is 1. The van der Waals surface area contributed by atoms with Gasteiger partial charge in [-0.05, 0) is 29.2 Å². The van der Waals surface area contributed by atoms with E-state index >= 15 is 0 Å². The fourth-order valence-corrected chi connectivity index (χ4v) is 4.78. The van der Waals surface area contributed by atoms with Gasteiger partial charge in [0, 0.05) is 35.2 Å². The minimum absolute atomic E-state index is 0.0223. The zero-order valence-corrected chi connectivity index (χ0v) is 19.2. The topological polar surface area (TPSA) is 137 Å². The number of carbonyl (C=O) groups is 2. The van der Waals surface area contributed by atoms with E-state index in [4.69, 9.17) is 0 Å². The molecule has 1 aromatic heterocycles. The van der Waals surface area contributed by atoms with E-state index in [1.165, 1.54) is 12.1 Å². The zero-order valence-electron chi connectivity index (χ0n) is 19.2. The van der Waals surface area contributed by atoms with Crippen LogP contribution >= 0.6 is 0 Å². The first kappa shape index (κ1) is 23.3. The fourth-order valence-electron chi connectivity index (χ4n) is 4.78. The Morgan fingerprint density at radius 2 is 1.72 bits per heavy atom. The number of nitro groups is 1. The summed E-state index contributed by atoms with van der Waals surface area (Å²) in [5.74, 6) is -1.52. The maximum absolute atomic E-state index is 13.4. The van der Waals surface area contributed by atoms with Crippen molar-refractivity contribution >= 4 is 28.5 Å². The lowest BCUT2D eigenvalue weighted by Gasteiger charge is -2.31. The first-order chi connectivity index (χ1) is 17.4. The highest BCUT2D eigenvalue weighted by atomic mass is 16.6. The largest absolute Gasteiger partial charge is 0.480 e. The number of rotatable bonds is 7. The van der Waals surface area contributed by atoms with Crippen LogP contribution in [0.1, 0.15) is 28.4 Å². The average Bonchev–Trinajstić information content (AvgIpc) is 3.27. The summed E-state index contributed by atoms with van der Waals surface area (Å²) in [5.41, 5.74) is 4.31. The number of aromatic nitrogens is 1. The molecule has 1 amide bonds. The van der Waals surface area contributed by atoms with E-state index in [0.29, 0.717) is 6.42 Å². The highest BCUT2D eigenvalue weighted by Gasteiger charge is 2.35. The van der Waals surface area contributed by atoms with Gasteiger partial charge in [-0.15, -0.1) is 0 Å². The van der Waals surface area contributed by atoms with Gasteiger partial charge in [0.15, 0.2) is 0 Å². The van der Waals surface area contributed by atoms with Gasteiger partial charge in [0.25, 0.3) is 5.69 Å². The number of para-hydroxylation sites is 1. The maximum Gasteiger partial charge on any atom is 0.326 e. The number of fused-ring (bicyclic) bond motifs is 3. The predicted octanol–water partition coefficient (Wildman–Crippen LogP) is 3.49. The molecule has 0 saturated heterocycles. The lowest BCUT2D eigenvalue weighted by Crippen LogP contribution is -2.54. The molecule has 1 aliphatic heterocycles. The Morgan fingerprint density at radius 3 is 2.42 bits per heavy atom. The molecular weight excluding hydrogens is 460 g/mol. The number of carboxylic acids is 1. The van der Waals surface area contributed by atoms with Crippen molar-refractivity contribution in [1.29, 1.82) is 0 Å². The third-order valence-electron chi connectivity index (χ3n) is 6.56. The number of hydrogen-bond donors (Lipinski definition) is 4. The lowest BCUT2D eigenvalue weighted by molar-refractivity contribution is -0.384. The highest BCUT2D eigenvalue weighted by molar-refractivity contribution is 5.90. The van der Waals surface area contributed by atoms with Crippen LogP contribution in [0.4, 0.5) is 5.69 Å². The number of nitrogens with one attached hydrogen (secondary N) is 3. The molecule has 4 aromatic rings. The predicted molar refractivity (Wildman–Crippen MR) is 134 cm³/mol. The van der Waals surface area contributed by atoms with Gasteiger partial charge in [-0.25, -0.2) is 4.79 Å². The molecule has 5 rings (SSSR count). The smallest absolute Gasteiger partial charge is 0.326 e. The molecule has 2 heterocycles. The number of benzene rings is 3. The lowest BCUT2D eigenvalue weighted by atomic mass is 9.89. The number of carbonyl (C=O) groups excluding carboxylic acids is 1. The number of carboxylic acid groups (broad SMARTS) is 1. The molecule has 0 radical (unpaired) electrons. The maximum atomic E-state index is 13.4. The van der Waals surface area contributed by atoms with Crippen LogP contribution in [0.15, 0.2) is 78.9 Å². The molecule has 0 bridgehead atoms. The Kier molecular flexibility index (Phi) is 6.22. The second-order valence-corrected chi connectivity index (χ2v) is 8.86. The second kappa shape index (κ2) is 9.63. The molecular formula is C27H24N4O5. The van der Waals surface area contributed by atoms with Crippen molar-refractivity contribution in [2.45, 2.75) is 31.0 Å². The van der Waals surface area contributed by atoms with Crippen LogP contribution in [-0.4, -0.2) is 39.0 Å². The molecule has 0 unspecified atom stereocenters. The first-order valence-electron chi connectivity index (χ1n) is 11.6. The van der Waals surface area contributed by atoms with Crippen molar-refractivity contribution < 1.29 is 19.6 Å². The van der Waals surface area contributed by atoms with Crippen molar-refractivity contribution in [2.75, 3.05) is 0 Å². The third-order valence-corrected chi connectivity index (χ3v) is 6.56. The summed E-state index contributed by atoms with van der Waals surface area (Å²) in [6.45, 7) is 0. The molecule has 0 aliphatic carbocycles. The van der Waals surface area contributed by atoms with Crippen molar-refractivity contribution in [3.8, 4) is 0 Å². The number of non-ortho nitro benzene ring substituents is 1. The van der Waals surface area contributed by atoms with E-state index in [0.717, 1.165) is 33.3 Å². The molecule has 9 heteroatoms. The van der Waals surface area contributed by atoms with Crippen LogP contribution in [0.3, 0.4) is 0 Å². The molecule has 0 fully saturated rings. The van der Waals surface area contributed by atoms with Gasteiger partial charge < -0.3 is 15.4 Å². The van der Waals surface area contributed by atoms with Crippen LogP contribution in [0.2, 0.25) is 0 Å². The van der Waals surface area contributed by atoms with Gasteiger partial charge in [0.2, 0.25) is 5.91 Å². The molecule has 36 heavy (non-hydrogen) atoms. The number of aliphatic carboxylic acids is 1. The Morgan fingerprint density at radius 1 is 1.03 bits per heavy atom. The van der Waals surface area contributed by atoms with Crippen molar-refractivity contribution in [3.05, 3.63) is 111 Å². The fraction of sp³-hybridized carbons (Fsp3) is 0.185. The van der Waals surface area contributed by atoms with Gasteiger partial charge in [0.1, 0.15) is 6.04 Å². The van der Waals surface area contributed by atoms with E-state index in [-0.39, 0.29) is 12.1 Å². The summed E-state index contributed by atoms with van der Waals surface area (Å²) in [4.78, 5) is 39.4. The van der Waals surface area contributed by atoms with Gasteiger partial charge in [-0.3, -0.25) is 20.2 Å². The third kappa shape index (κ3) is 4.56. The summed E-state index contributed by atoms with van der Waals surface area (Å²) in [6.07, 6.45) is 0.533. The van der Waals surface area contributed by atoms with Gasteiger partial charge >= 0.3 is 5.97 Å². The summed E-state index contributed by atoms with van der Waals surface area (Å²) < 4.78 is 0. The molecule has 182 valence electrons. The number of amides is 1. The molecule has 1 aliphatic rings. The van der Waals surface area contributed by atoms with Crippen LogP contribution in [-0.2, 0) is 22.4 Å². The normalized spacial score (nSPS) is 17.8. The Labute approximate surface area is 206 Å². The molecule has 3 aromatic carbocycles. The van der Waals surface area contributed by atoms with Crippen LogP contribution in [0.5, 0.6) is 0 Å². The quantitative estimate of drug-likeness (QED) is 0.234. The standard InChI is InChI=1S/C27H24N4O5/c32-26(30-23(27(33)34)14-16-6-2-1-3-7-16)22-15-20-19-8-4-5-9-21(19)28-25(20)24(29-22)17-10-12-18(13-11-17)31(35)36/h1-13,22-24,28-29H,14-15H2,(H,30,32)(H,33,34)/t22-,23-,24+/m0/s1. The van der Waals surface area contributed by atoms with Crippen LogP contribution < -0.4 is 10.6 Å². The average molecular weight is 485 g/mol. The zero-order chi connectivity index (χ0) is 25.2. The summed E-state index contributed by atoms with van der Waals surface area (Å²) >= 11 is 0. The molecule has 4 N–H and O–H groups in total. The number of nitro benzene ring substituents is 1. The number of nitrogens with zero attached hydrogens (tertiary/aromatic N) is 1. The van der Waals surface area contributed by atoms with Crippen molar-refractivity contribution in [3.63, 3.8) is 0 Å². The first-order valence-corrected chi connectivity index (χ1v) is 11.6. The summed E-state index contributed by atoms with van der Waals surface area (Å²) in [7, 11) is 0. The SMILES string of the molecule is O=C(O)[C@H](Cc1ccccc1)NC(=O)[C@@H]1Cc2c([nH]c3ccccc23)[C@@H](c2ccc([N+](=O)[O-])cc2)N1. The van der Waals surface area contributed by atoms with E-state index < -0.39 is 34.9 Å². The minimum atomic E-state index is -1.11. The van der Waals surface area contributed by atoms with E-state index in [1.54, 1.807) is 12.1 Å².